The number of aromatic nitrogens is 6. The summed E-state index contributed by atoms with van der Waals surface area (Å²) in [5.41, 5.74) is 4.14. The Hall–Kier alpha value is -4.53. The highest BCUT2D eigenvalue weighted by Crippen LogP contribution is 2.39. The number of fused-ring (bicyclic) bond motifs is 3. The fourth-order valence-electron chi connectivity index (χ4n) is 5.48. The first-order chi connectivity index (χ1) is 18.0. The summed E-state index contributed by atoms with van der Waals surface area (Å²) in [5, 5.41) is 29.9. The van der Waals surface area contributed by atoms with Crippen molar-refractivity contribution in [1.29, 1.82) is 5.26 Å². The molecule has 11 heteroatoms. The standard InChI is InChI=1S/C26H22N8O3/c27-10-14-5-6-18-20(9-14)33(13-28-18)25-30-23(32-11-15(35)12-32)22-24(31-25)34(26(37)29-22)19-7-8-21(36)17-4-2-1-3-16(17)19/h1-6,9,13,15,19,21,35-36H,7-8,11-12H2,(H,29,37)/t19-,21-/m1/s1. The molecule has 0 bridgehead atoms. The normalized spacial score (nSPS) is 19.6. The van der Waals surface area contributed by atoms with Gasteiger partial charge in [-0.2, -0.15) is 15.2 Å². The van der Waals surface area contributed by atoms with Crippen LogP contribution in [0.5, 0.6) is 0 Å². The highest BCUT2D eigenvalue weighted by atomic mass is 16.3. The number of nitriles is 1. The van der Waals surface area contributed by atoms with E-state index < -0.39 is 12.2 Å². The van der Waals surface area contributed by atoms with Crippen LogP contribution in [0.3, 0.4) is 0 Å². The van der Waals surface area contributed by atoms with Crippen LogP contribution in [-0.2, 0) is 0 Å². The molecule has 0 radical (unpaired) electrons. The van der Waals surface area contributed by atoms with E-state index in [4.69, 9.17) is 9.97 Å². The number of nitrogens with zero attached hydrogens (tertiary/aromatic N) is 7. The van der Waals surface area contributed by atoms with Gasteiger partial charge in [-0.25, -0.2) is 9.78 Å². The second kappa shape index (κ2) is 7.99. The van der Waals surface area contributed by atoms with Crippen LogP contribution >= 0.6 is 0 Å². The minimum atomic E-state index is -0.580. The maximum atomic E-state index is 13.4. The van der Waals surface area contributed by atoms with Crippen LogP contribution in [0.15, 0.2) is 53.6 Å². The van der Waals surface area contributed by atoms with E-state index in [9.17, 15) is 20.3 Å². The largest absolute Gasteiger partial charge is 0.389 e. The molecular weight excluding hydrogens is 472 g/mol. The van der Waals surface area contributed by atoms with Gasteiger partial charge in [0.15, 0.2) is 11.5 Å². The molecule has 1 fully saturated rings. The monoisotopic (exact) mass is 494 g/mol. The van der Waals surface area contributed by atoms with Crippen LogP contribution in [0.1, 0.15) is 41.7 Å². The Bertz CT molecular complexity index is 1790. The first-order valence-corrected chi connectivity index (χ1v) is 12.1. The summed E-state index contributed by atoms with van der Waals surface area (Å²) < 4.78 is 3.35. The van der Waals surface area contributed by atoms with Crippen LogP contribution in [0, 0.1) is 11.3 Å². The number of hydrogen-bond acceptors (Lipinski definition) is 8. The molecule has 184 valence electrons. The Morgan fingerprint density at radius 3 is 2.65 bits per heavy atom. The second-order valence-electron chi connectivity index (χ2n) is 9.57. The minimum Gasteiger partial charge on any atom is -0.389 e. The number of aromatic amines is 1. The van der Waals surface area contributed by atoms with Gasteiger partial charge in [-0.15, -0.1) is 0 Å². The van der Waals surface area contributed by atoms with Gasteiger partial charge in [0.25, 0.3) is 0 Å². The van der Waals surface area contributed by atoms with Crippen molar-refractivity contribution in [3.63, 3.8) is 0 Å². The quantitative estimate of drug-likeness (QED) is 0.344. The molecule has 11 nitrogen and oxygen atoms in total. The number of aliphatic hydroxyl groups is 2. The lowest BCUT2D eigenvalue weighted by Crippen LogP contribution is -2.51. The van der Waals surface area contributed by atoms with Gasteiger partial charge in [-0.3, -0.25) is 9.13 Å². The van der Waals surface area contributed by atoms with Gasteiger partial charge in [-0.05, 0) is 42.2 Å². The first kappa shape index (κ1) is 21.7. The van der Waals surface area contributed by atoms with E-state index in [2.05, 4.69) is 16.0 Å². The fraction of sp³-hybridized carbons (Fsp3) is 0.269. The summed E-state index contributed by atoms with van der Waals surface area (Å²) in [7, 11) is 0. The molecule has 3 N–H and O–H groups in total. The summed E-state index contributed by atoms with van der Waals surface area (Å²) in [4.78, 5) is 32.3. The number of aliphatic hydroxyl groups excluding tert-OH is 2. The van der Waals surface area contributed by atoms with Crippen LogP contribution < -0.4 is 10.6 Å². The Labute approximate surface area is 209 Å². The van der Waals surface area contributed by atoms with E-state index in [1.165, 1.54) is 0 Å². The predicted molar refractivity (Wildman–Crippen MR) is 134 cm³/mol. The zero-order valence-electron chi connectivity index (χ0n) is 19.6. The number of β-amino-alcohol motifs (C(OH)–C–C–N with tert-alkyl or cyclic N) is 1. The van der Waals surface area contributed by atoms with Gasteiger partial charge >= 0.3 is 5.69 Å². The van der Waals surface area contributed by atoms with Gasteiger partial charge in [0.05, 0.1) is 40.9 Å². The highest BCUT2D eigenvalue weighted by molar-refractivity contribution is 5.86. The molecule has 4 heterocycles. The van der Waals surface area contributed by atoms with Gasteiger partial charge in [0, 0.05) is 13.1 Å². The number of anilines is 1. The van der Waals surface area contributed by atoms with Crippen molar-refractivity contribution in [2.24, 2.45) is 0 Å². The molecule has 0 unspecified atom stereocenters. The van der Waals surface area contributed by atoms with E-state index in [1.807, 2.05) is 29.2 Å². The molecule has 2 aromatic carbocycles. The van der Waals surface area contributed by atoms with Crippen LogP contribution in [-0.4, -0.2) is 58.5 Å². The van der Waals surface area contributed by atoms with Gasteiger partial charge < -0.3 is 20.1 Å². The molecule has 7 rings (SSSR count). The fourth-order valence-corrected chi connectivity index (χ4v) is 5.48. The molecule has 1 aliphatic carbocycles. The number of nitrogens with one attached hydrogen (secondary N) is 1. The number of imidazole rings is 2. The zero-order chi connectivity index (χ0) is 25.3. The van der Waals surface area contributed by atoms with Gasteiger partial charge in [0.1, 0.15) is 11.8 Å². The van der Waals surface area contributed by atoms with Crippen molar-refractivity contribution in [2.75, 3.05) is 18.0 Å². The maximum Gasteiger partial charge on any atom is 0.328 e. The maximum absolute atomic E-state index is 13.4. The predicted octanol–water partition coefficient (Wildman–Crippen LogP) is 1.93. The summed E-state index contributed by atoms with van der Waals surface area (Å²) in [5.74, 6) is 0.821. The summed E-state index contributed by atoms with van der Waals surface area (Å²) in [6.45, 7) is 0.779. The molecule has 0 saturated carbocycles. The van der Waals surface area contributed by atoms with Gasteiger partial charge in [-0.1, -0.05) is 24.3 Å². The molecule has 5 aromatic rings. The molecule has 2 aliphatic rings. The molecule has 1 aliphatic heterocycles. The van der Waals surface area contributed by atoms with Crippen molar-refractivity contribution < 1.29 is 10.2 Å². The molecule has 3 aromatic heterocycles. The van der Waals surface area contributed by atoms with Crippen LogP contribution in [0.25, 0.3) is 28.1 Å². The molecule has 1 saturated heterocycles. The van der Waals surface area contributed by atoms with E-state index in [0.717, 1.165) is 11.1 Å². The van der Waals surface area contributed by atoms with Crippen molar-refractivity contribution in [2.45, 2.75) is 31.1 Å². The van der Waals surface area contributed by atoms with Crippen molar-refractivity contribution in [1.82, 2.24) is 29.1 Å². The molecule has 0 spiro atoms. The molecule has 2 atom stereocenters. The zero-order valence-corrected chi connectivity index (χ0v) is 19.6. The van der Waals surface area contributed by atoms with E-state index in [-0.39, 0.29) is 11.7 Å². The van der Waals surface area contributed by atoms with E-state index >= 15 is 0 Å². The Kier molecular flexibility index (Phi) is 4.69. The van der Waals surface area contributed by atoms with Crippen LogP contribution in [0.4, 0.5) is 5.82 Å². The molecule has 0 amide bonds. The first-order valence-electron chi connectivity index (χ1n) is 12.1. The number of rotatable bonds is 3. The third-order valence-electron chi connectivity index (χ3n) is 7.33. The average molecular weight is 495 g/mol. The summed E-state index contributed by atoms with van der Waals surface area (Å²) in [6.07, 6.45) is 1.64. The number of H-pyrrole nitrogens is 1. The second-order valence-corrected chi connectivity index (χ2v) is 9.57. The third-order valence-corrected chi connectivity index (χ3v) is 7.33. The smallest absolute Gasteiger partial charge is 0.328 e. The Morgan fingerprint density at radius 1 is 1.05 bits per heavy atom. The summed E-state index contributed by atoms with van der Waals surface area (Å²) >= 11 is 0. The topological polar surface area (TPSA) is 149 Å². The lowest BCUT2D eigenvalue weighted by atomic mass is 9.85. The molecule has 37 heavy (non-hydrogen) atoms. The number of hydrogen-bond donors (Lipinski definition) is 3. The number of benzene rings is 2. The van der Waals surface area contributed by atoms with Crippen LogP contribution in [0.2, 0.25) is 0 Å². The summed E-state index contributed by atoms with van der Waals surface area (Å²) in [6, 6.07) is 14.7. The Morgan fingerprint density at radius 2 is 1.86 bits per heavy atom. The minimum absolute atomic E-state index is 0.304. The lowest BCUT2D eigenvalue weighted by molar-refractivity contribution is 0.141. The lowest BCUT2D eigenvalue weighted by Gasteiger charge is -2.37. The van der Waals surface area contributed by atoms with Gasteiger partial charge in [0.2, 0.25) is 5.95 Å². The highest BCUT2D eigenvalue weighted by Gasteiger charge is 2.33. The average Bonchev–Trinajstić information content (AvgIpc) is 3.47. The third kappa shape index (κ3) is 3.27. The van der Waals surface area contributed by atoms with E-state index in [0.29, 0.717) is 65.5 Å². The van der Waals surface area contributed by atoms with E-state index in [1.54, 1.807) is 33.7 Å². The van der Waals surface area contributed by atoms with Crippen molar-refractivity contribution in [3.8, 4) is 12.0 Å². The van der Waals surface area contributed by atoms with Crippen molar-refractivity contribution in [3.05, 3.63) is 76.0 Å². The molecular formula is C26H22N8O3. The van der Waals surface area contributed by atoms with Crippen molar-refractivity contribution >= 4 is 28.0 Å². The Balaban J connectivity index is 1.48. The SMILES string of the molecule is N#Cc1ccc2ncn(-c3nc(N4CC(O)C4)c4[nH]c(=O)n([C@@H]5CC[C@@H](O)c6ccccc65)c4n3)c2c1.